The minimum atomic E-state index is 0.463. The summed E-state index contributed by atoms with van der Waals surface area (Å²) in [5, 5.41) is 12.9. The van der Waals surface area contributed by atoms with Gasteiger partial charge in [-0.3, -0.25) is 0 Å². The van der Waals surface area contributed by atoms with Crippen LogP contribution >= 0.6 is 0 Å². The highest BCUT2D eigenvalue weighted by Crippen LogP contribution is 2.36. The molecule has 1 aliphatic carbocycles. The number of nitrogens with one attached hydrogen (secondary N) is 1. The summed E-state index contributed by atoms with van der Waals surface area (Å²) in [5.74, 6) is 2.32. The third kappa shape index (κ3) is 5.59. The molecule has 2 aliphatic rings. The molecule has 3 aromatic rings. The van der Waals surface area contributed by atoms with Crippen LogP contribution in [0.25, 0.3) is 11.1 Å². The second kappa shape index (κ2) is 10.8. The van der Waals surface area contributed by atoms with Gasteiger partial charge in [0.25, 0.3) is 0 Å². The molecule has 2 fully saturated rings. The topological polar surface area (TPSA) is 78.0 Å². The van der Waals surface area contributed by atoms with Crippen LogP contribution in [0.4, 0.5) is 17.2 Å². The SMILES string of the molecule is N#Cc1ccc(N2CCC[C@H](C[C@@H]3CCCC[C@H]3Nc3cc(-c4ccccc4N)ccn3)C2)cc1. The number of hydrogen-bond donors (Lipinski definition) is 2. The first kappa shape index (κ1) is 23.2. The lowest BCUT2D eigenvalue weighted by atomic mass is 9.77. The van der Waals surface area contributed by atoms with E-state index in [2.05, 4.69) is 45.5 Å². The first-order valence-corrected chi connectivity index (χ1v) is 13.0. The van der Waals surface area contributed by atoms with Crippen molar-refractivity contribution in [2.24, 2.45) is 11.8 Å². The number of nitrogen functional groups attached to an aromatic ring is 1. The zero-order valence-electron chi connectivity index (χ0n) is 20.4. The first-order valence-electron chi connectivity index (χ1n) is 13.0. The summed E-state index contributed by atoms with van der Waals surface area (Å²) in [6.45, 7) is 2.21. The number of hydrogen-bond acceptors (Lipinski definition) is 5. The van der Waals surface area contributed by atoms with Gasteiger partial charge < -0.3 is 16.0 Å². The van der Waals surface area contributed by atoms with Crippen LogP contribution in [0.5, 0.6) is 0 Å². The summed E-state index contributed by atoms with van der Waals surface area (Å²) in [5.41, 5.74) is 11.2. The van der Waals surface area contributed by atoms with Crippen molar-refractivity contribution in [3.63, 3.8) is 0 Å². The van der Waals surface area contributed by atoms with Gasteiger partial charge in [-0.15, -0.1) is 0 Å². The average Bonchev–Trinajstić information content (AvgIpc) is 2.90. The molecule has 2 aromatic carbocycles. The molecule has 5 rings (SSSR count). The highest BCUT2D eigenvalue weighted by Gasteiger charge is 2.30. The summed E-state index contributed by atoms with van der Waals surface area (Å²) < 4.78 is 0. The van der Waals surface area contributed by atoms with Crippen molar-refractivity contribution in [1.29, 1.82) is 5.26 Å². The molecular weight excluding hydrogens is 430 g/mol. The summed E-state index contributed by atoms with van der Waals surface area (Å²) in [7, 11) is 0. The molecule has 1 aliphatic heterocycles. The third-order valence-electron chi connectivity index (χ3n) is 7.79. The monoisotopic (exact) mass is 465 g/mol. The molecule has 0 unspecified atom stereocenters. The smallest absolute Gasteiger partial charge is 0.126 e. The van der Waals surface area contributed by atoms with Crippen molar-refractivity contribution in [1.82, 2.24) is 4.98 Å². The highest BCUT2D eigenvalue weighted by molar-refractivity contribution is 5.77. The van der Waals surface area contributed by atoms with E-state index in [0.29, 0.717) is 17.9 Å². The Kier molecular flexibility index (Phi) is 7.18. The highest BCUT2D eigenvalue weighted by atomic mass is 15.1. The van der Waals surface area contributed by atoms with E-state index in [9.17, 15) is 0 Å². The molecular formula is C30H35N5. The summed E-state index contributed by atoms with van der Waals surface area (Å²) in [4.78, 5) is 7.16. The van der Waals surface area contributed by atoms with Crippen LogP contribution in [-0.2, 0) is 0 Å². The maximum Gasteiger partial charge on any atom is 0.126 e. The summed E-state index contributed by atoms with van der Waals surface area (Å²) in [6, 6.07) is 23.0. The molecule has 35 heavy (non-hydrogen) atoms. The second-order valence-electron chi connectivity index (χ2n) is 10.2. The van der Waals surface area contributed by atoms with Crippen LogP contribution in [-0.4, -0.2) is 24.1 Å². The van der Waals surface area contributed by atoms with E-state index in [0.717, 1.165) is 41.3 Å². The Morgan fingerprint density at radius 2 is 1.83 bits per heavy atom. The number of anilines is 3. The van der Waals surface area contributed by atoms with Crippen molar-refractivity contribution in [2.45, 2.75) is 51.0 Å². The van der Waals surface area contributed by atoms with Crippen LogP contribution in [0.3, 0.4) is 0 Å². The molecule has 0 radical (unpaired) electrons. The fourth-order valence-electron chi connectivity index (χ4n) is 5.97. The Labute approximate surface area is 209 Å². The van der Waals surface area contributed by atoms with Crippen molar-refractivity contribution in [2.75, 3.05) is 29.0 Å². The normalized spacial score (nSPS) is 22.4. The van der Waals surface area contributed by atoms with E-state index < -0.39 is 0 Å². The van der Waals surface area contributed by atoms with Gasteiger partial charge in [0.15, 0.2) is 0 Å². The van der Waals surface area contributed by atoms with E-state index in [1.165, 1.54) is 50.6 Å². The zero-order chi connectivity index (χ0) is 24.0. The number of nitrogens with two attached hydrogens (primary N) is 1. The van der Waals surface area contributed by atoms with Gasteiger partial charge in [0.1, 0.15) is 5.82 Å². The van der Waals surface area contributed by atoms with Gasteiger partial charge in [0, 0.05) is 42.3 Å². The van der Waals surface area contributed by atoms with Gasteiger partial charge in [-0.2, -0.15) is 5.26 Å². The molecule has 0 amide bonds. The fourth-order valence-corrected chi connectivity index (χ4v) is 5.97. The number of nitrogens with zero attached hydrogens (tertiary/aromatic N) is 3. The number of piperidine rings is 1. The molecule has 1 saturated carbocycles. The van der Waals surface area contributed by atoms with Gasteiger partial charge in [-0.05, 0) is 92.0 Å². The quantitative estimate of drug-likeness (QED) is 0.407. The van der Waals surface area contributed by atoms with Crippen molar-refractivity contribution < 1.29 is 0 Å². The van der Waals surface area contributed by atoms with Crippen LogP contribution in [0.2, 0.25) is 0 Å². The number of pyridine rings is 1. The van der Waals surface area contributed by atoms with Gasteiger partial charge >= 0.3 is 0 Å². The predicted octanol–water partition coefficient (Wildman–Crippen LogP) is 6.48. The Hall–Kier alpha value is -3.52. The Morgan fingerprint density at radius 1 is 1.00 bits per heavy atom. The maximum atomic E-state index is 9.10. The maximum absolute atomic E-state index is 9.10. The minimum absolute atomic E-state index is 0.463. The number of benzene rings is 2. The van der Waals surface area contributed by atoms with Gasteiger partial charge in [-0.25, -0.2) is 4.98 Å². The van der Waals surface area contributed by atoms with Crippen LogP contribution < -0.4 is 16.0 Å². The number of nitriles is 1. The molecule has 0 spiro atoms. The minimum Gasteiger partial charge on any atom is -0.398 e. The number of rotatable bonds is 6. The number of para-hydroxylation sites is 1. The molecule has 1 aromatic heterocycles. The molecule has 5 heteroatoms. The fraction of sp³-hybridized carbons (Fsp3) is 0.400. The predicted molar refractivity (Wildman–Crippen MR) is 144 cm³/mol. The molecule has 5 nitrogen and oxygen atoms in total. The molecule has 1 saturated heterocycles. The van der Waals surface area contributed by atoms with Crippen LogP contribution in [0, 0.1) is 23.2 Å². The lowest BCUT2D eigenvalue weighted by Crippen LogP contribution is -2.39. The average molecular weight is 466 g/mol. The summed E-state index contributed by atoms with van der Waals surface area (Å²) in [6.07, 6.45) is 10.8. The van der Waals surface area contributed by atoms with Crippen molar-refractivity contribution in [3.8, 4) is 17.2 Å². The molecule has 3 N–H and O–H groups in total. The van der Waals surface area contributed by atoms with Gasteiger partial charge in [-0.1, -0.05) is 31.0 Å². The van der Waals surface area contributed by atoms with Gasteiger partial charge in [0.05, 0.1) is 11.6 Å². The standard InChI is InChI=1S/C30H35N5/c31-20-22-11-13-26(14-12-22)35-17-5-6-23(21-35)18-25-7-1-4-10-29(25)34-30-19-24(15-16-33-30)27-8-2-3-9-28(27)32/h2-3,8-9,11-16,19,23,25,29H,1,4-7,10,17-18,21,32H2,(H,33,34)/t23-,25+,29-/m1/s1. The Morgan fingerprint density at radius 3 is 2.66 bits per heavy atom. The zero-order valence-corrected chi connectivity index (χ0v) is 20.4. The molecule has 0 bridgehead atoms. The van der Waals surface area contributed by atoms with Crippen molar-refractivity contribution in [3.05, 3.63) is 72.4 Å². The number of aromatic nitrogens is 1. The van der Waals surface area contributed by atoms with E-state index in [4.69, 9.17) is 11.0 Å². The van der Waals surface area contributed by atoms with E-state index >= 15 is 0 Å². The molecule has 2 heterocycles. The molecule has 3 atom stereocenters. The Balaban J connectivity index is 1.25. The second-order valence-corrected chi connectivity index (χ2v) is 10.2. The third-order valence-corrected chi connectivity index (χ3v) is 7.79. The van der Waals surface area contributed by atoms with Crippen LogP contribution in [0.15, 0.2) is 66.9 Å². The lowest BCUT2D eigenvalue weighted by molar-refractivity contribution is 0.247. The Bertz CT molecular complexity index is 1170. The summed E-state index contributed by atoms with van der Waals surface area (Å²) >= 11 is 0. The van der Waals surface area contributed by atoms with E-state index in [1.807, 2.05) is 42.6 Å². The molecule has 180 valence electrons. The first-order chi connectivity index (χ1) is 17.2. The van der Waals surface area contributed by atoms with Crippen LogP contribution in [0.1, 0.15) is 50.5 Å². The van der Waals surface area contributed by atoms with E-state index in [1.54, 1.807) is 0 Å². The van der Waals surface area contributed by atoms with Crippen molar-refractivity contribution >= 4 is 17.2 Å². The largest absolute Gasteiger partial charge is 0.398 e. The van der Waals surface area contributed by atoms with E-state index in [-0.39, 0.29) is 0 Å². The van der Waals surface area contributed by atoms with Gasteiger partial charge in [0.2, 0.25) is 0 Å². The lowest BCUT2D eigenvalue weighted by Gasteiger charge is -2.39.